The lowest BCUT2D eigenvalue weighted by molar-refractivity contribution is -0.216. The predicted octanol–water partition coefficient (Wildman–Crippen LogP) is 10.8. The van der Waals surface area contributed by atoms with E-state index in [0.717, 1.165) is 108 Å². The van der Waals surface area contributed by atoms with Crippen LogP contribution < -0.4 is 60.1 Å². The number of methoxy groups -OCH3 is 3. The van der Waals surface area contributed by atoms with Crippen molar-refractivity contribution in [1.82, 2.24) is 0 Å². The van der Waals surface area contributed by atoms with Crippen LogP contribution in [0.5, 0.6) is 17.2 Å². The molecule has 8 heterocycles. The number of hydrogen-bond acceptors (Lipinski definition) is 27. The Morgan fingerprint density at radius 2 is 0.812 bits per heavy atom. The zero-order valence-corrected chi connectivity index (χ0v) is 72.5. The molecule has 0 radical (unpaired) electrons. The maximum Gasteiger partial charge on any atom is 0.173 e. The minimum atomic E-state index is -0.672. The fraction of sp³-hybridized carbons (Fsp3) is 0.788. The monoisotopic (exact) mass is 1590 g/mol. The first-order valence-electron chi connectivity index (χ1n) is 40.7. The van der Waals surface area contributed by atoms with Crippen molar-refractivity contribution in [2.24, 2.45) is 62.6 Å². The van der Waals surface area contributed by atoms with Gasteiger partial charge in [-0.05, 0) is 181 Å². The summed E-state index contributed by atoms with van der Waals surface area (Å²) in [6.45, 7) is 48.4. The third kappa shape index (κ3) is 32.4. The van der Waals surface area contributed by atoms with Gasteiger partial charge in [-0.3, -0.25) is 0 Å². The largest absolute Gasteiger partial charge is 0.497 e. The number of ether oxygens (including phenoxy) is 19. The number of unbranched alkanes of at least 4 members (excludes halogenated alkanes) is 1. The number of hydrogen-bond donors (Lipinski definition) is 8. The van der Waals surface area contributed by atoms with E-state index < -0.39 is 40.5 Å². The molecule has 3 aromatic rings. The standard InChI is InChI=1S/C14H21NO4.C13H19NO3.C13H19NO2.C11H23NO2.2C9H19NO2.2C8H17NO2/c1-14(18-6-7-19-14)11(9-15)10-4-5-12(16-2)13(8-10)17-3;1-13(16-7-8-17-13)12(9-14)10-3-5-11(15-2)6-4-10;1-13(15-9-10-16-13)12(7-8-14)11-5-3-2-4-6-11;1-10(2,6-4-5-7-12)11(3)13-8-9-14-11;1-8(2,7-10)6-9(3)11-4-5-12-9;1-4-8(7(2)10)9(3)11-5-6-12-9;1-7(2,9)6-8(3)10-4-5-11-8;1-7(9)3-4-8(2)10-5-6-11-8/h4-5,8,11H,6-7,9,15H2,1-3H3;3-6,12H,7-9,14H2,1-2H3;2-6,12H,7-10,14H2,1H3;4-9,12H2,1-3H3;4-7,10H2,1-3H3;7-8H,4-6,10H2,1-3H3;4-6,9H2,1-3H3;7H,3-6,9H2,1-2H3. The summed E-state index contributed by atoms with van der Waals surface area (Å²) in [4.78, 5) is 0. The second-order valence-corrected chi connectivity index (χ2v) is 33.2. The Labute approximate surface area is 673 Å². The molecule has 8 aliphatic heterocycles. The lowest BCUT2D eigenvalue weighted by Crippen LogP contribution is -2.44. The van der Waals surface area contributed by atoms with E-state index in [0.29, 0.717) is 123 Å². The normalized spacial score (nSPS) is 22.2. The van der Waals surface area contributed by atoms with Crippen LogP contribution in [0, 0.1) is 16.7 Å². The van der Waals surface area contributed by atoms with Gasteiger partial charge in [0, 0.05) is 73.1 Å². The minimum Gasteiger partial charge on any atom is -0.497 e. The summed E-state index contributed by atoms with van der Waals surface area (Å²) in [5.74, 6) is -1.13. The van der Waals surface area contributed by atoms with Crippen LogP contribution in [0.15, 0.2) is 72.8 Å². The lowest BCUT2D eigenvalue weighted by Gasteiger charge is -2.39. The van der Waals surface area contributed by atoms with Crippen molar-refractivity contribution in [2.45, 2.75) is 257 Å². The quantitative estimate of drug-likeness (QED) is 0.0299. The van der Waals surface area contributed by atoms with E-state index in [1.165, 1.54) is 5.56 Å². The Kier molecular flexibility index (Phi) is 42.7. The molecular formula is C85H154N8O19. The average molecular weight is 1590 g/mol. The minimum absolute atomic E-state index is 0.0379. The lowest BCUT2D eigenvalue weighted by atomic mass is 9.79. The summed E-state index contributed by atoms with van der Waals surface area (Å²) in [5, 5.41) is 0. The van der Waals surface area contributed by atoms with Gasteiger partial charge in [-0.2, -0.15) is 0 Å². The number of rotatable bonds is 29. The average Bonchev–Trinajstić information content (AvgIpc) is 1.76. The van der Waals surface area contributed by atoms with Gasteiger partial charge in [0.15, 0.2) is 57.8 Å². The Hall–Kier alpha value is -3.90. The molecule has 0 aliphatic carbocycles. The zero-order valence-electron chi connectivity index (χ0n) is 72.5. The molecule has 6 atom stereocenters. The second-order valence-electron chi connectivity index (χ2n) is 33.2. The van der Waals surface area contributed by atoms with Gasteiger partial charge in [-0.15, -0.1) is 0 Å². The van der Waals surface area contributed by atoms with Crippen LogP contribution in [0.4, 0.5) is 0 Å². The van der Waals surface area contributed by atoms with Crippen LogP contribution in [0.1, 0.15) is 210 Å². The molecule has 3 aromatic carbocycles. The summed E-state index contributed by atoms with van der Waals surface area (Å²) >= 11 is 0. The van der Waals surface area contributed by atoms with Crippen molar-refractivity contribution in [2.75, 3.05) is 160 Å². The van der Waals surface area contributed by atoms with Gasteiger partial charge >= 0.3 is 0 Å². The molecule has 11 rings (SSSR count). The zero-order chi connectivity index (χ0) is 83.6. The highest BCUT2D eigenvalue weighted by atomic mass is 16.8. The van der Waals surface area contributed by atoms with E-state index in [1.54, 1.807) is 21.3 Å². The topological polar surface area (TPSA) is 384 Å². The Morgan fingerprint density at radius 3 is 1.20 bits per heavy atom. The number of benzene rings is 3. The fourth-order valence-electron chi connectivity index (χ4n) is 15.1. The van der Waals surface area contributed by atoms with E-state index >= 15 is 0 Å². The molecule has 0 saturated carbocycles. The van der Waals surface area contributed by atoms with Crippen LogP contribution in [-0.4, -0.2) is 224 Å². The smallest absolute Gasteiger partial charge is 0.173 e. The molecule has 27 heteroatoms. The molecule has 0 bridgehead atoms. The molecular weight excluding hydrogens is 1440 g/mol. The summed E-state index contributed by atoms with van der Waals surface area (Å²) in [7, 11) is 4.88. The van der Waals surface area contributed by atoms with Crippen LogP contribution in [0.2, 0.25) is 0 Å². The van der Waals surface area contributed by atoms with Crippen LogP contribution in [-0.2, 0) is 75.8 Å². The summed E-state index contributed by atoms with van der Waals surface area (Å²) in [6.07, 6.45) is 8.64. The van der Waals surface area contributed by atoms with Crippen molar-refractivity contribution in [3.63, 3.8) is 0 Å². The molecule has 0 aromatic heterocycles. The third-order valence-corrected chi connectivity index (χ3v) is 21.7. The van der Waals surface area contributed by atoms with Crippen LogP contribution in [0.25, 0.3) is 0 Å². The third-order valence-electron chi connectivity index (χ3n) is 21.7. The van der Waals surface area contributed by atoms with E-state index in [4.69, 9.17) is 136 Å². The maximum absolute atomic E-state index is 5.90. The van der Waals surface area contributed by atoms with Crippen molar-refractivity contribution in [1.29, 1.82) is 0 Å². The summed E-state index contributed by atoms with van der Waals surface area (Å²) < 4.78 is 105. The molecule has 8 fully saturated rings. The Bertz CT molecular complexity index is 2970. The first-order chi connectivity index (χ1) is 52.7. The van der Waals surface area contributed by atoms with Crippen LogP contribution in [0.3, 0.4) is 0 Å². The van der Waals surface area contributed by atoms with Crippen molar-refractivity contribution >= 4 is 0 Å². The first kappa shape index (κ1) is 100. The van der Waals surface area contributed by atoms with E-state index in [-0.39, 0.29) is 52.0 Å². The molecule has 6 unspecified atom stereocenters. The van der Waals surface area contributed by atoms with Crippen molar-refractivity contribution in [3.8, 4) is 17.2 Å². The fourth-order valence-corrected chi connectivity index (χ4v) is 15.1. The van der Waals surface area contributed by atoms with Gasteiger partial charge in [0.25, 0.3) is 0 Å². The van der Waals surface area contributed by atoms with Crippen LogP contribution >= 0.6 is 0 Å². The van der Waals surface area contributed by atoms with Gasteiger partial charge in [-0.25, -0.2) is 0 Å². The SMILES string of the molecule is CC(C)(CCCCN)C1(C)OCCO1.CC(C)(CN)CC1(C)OCCO1.CC(C)(N)CC1(C)OCCO1.CC(N)CCC1(C)OCCO1.CC1(C(CCN)c2ccccc2)OCCO1.CCC(C(C)N)C1(C)OCCO1.COc1ccc(C(CN)C2(C)OCCO2)cc1.COc1ccc(C(CN)C2(C)OCCO2)cc1OC. The Balaban J connectivity index is 0.000000272. The van der Waals surface area contributed by atoms with Gasteiger partial charge in [-0.1, -0.05) is 89.6 Å². The summed E-state index contributed by atoms with van der Waals surface area (Å²) in [6, 6.07) is 24.3. The highest BCUT2D eigenvalue weighted by molar-refractivity contribution is 5.44. The van der Waals surface area contributed by atoms with E-state index in [2.05, 4.69) is 46.8 Å². The summed E-state index contributed by atoms with van der Waals surface area (Å²) in [5.41, 5.74) is 49.2. The van der Waals surface area contributed by atoms with Gasteiger partial charge in [0.1, 0.15) is 5.75 Å². The number of nitrogens with two attached hydrogens (primary N) is 8. The molecule has 8 saturated heterocycles. The predicted molar refractivity (Wildman–Crippen MR) is 439 cm³/mol. The van der Waals surface area contributed by atoms with Gasteiger partial charge in [0.05, 0.1) is 133 Å². The van der Waals surface area contributed by atoms with Crippen molar-refractivity contribution < 1.29 is 90.0 Å². The molecule has 16 N–H and O–H groups in total. The molecule has 0 amide bonds. The second kappa shape index (κ2) is 47.6. The van der Waals surface area contributed by atoms with Gasteiger partial charge in [0.2, 0.25) is 0 Å². The van der Waals surface area contributed by atoms with E-state index in [1.807, 2.05) is 144 Å². The molecule has 648 valence electrons. The van der Waals surface area contributed by atoms with E-state index in [9.17, 15) is 0 Å². The first-order valence-corrected chi connectivity index (χ1v) is 40.7. The highest BCUT2D eigenvalue weighted by Crippen LogP contribution is 2.44. The molecule has 0 spiro atoms. The maximum atomic E-state index is 5.90. The molecule has 27 nitrogen and oxygen atoms in total. The molecule has 112 heavy (non-hydrogen) atoms. The van der Waals surface area contributed by atoms with Crippen molar-refractivity contribution in [3.05, 3.63) is 89.5 Å². The Morgan fingerprint density at radius 1 is 0.420 bits per heavy atom. The highest BCUT2D eigenvalue weighted by Gasteiger charge is 2.47. The molecule has 8 aliphatic rings. The van der Waals surface area contributed by atoms with Gasteiger partial charge < -0.3 is 136 Å².